The van der Waals surface area contributed by atoms with Crippen molar-refractivity contribution in [3.05, 3.63) is 46.3 Å². The fourth-order valence-corrected chi connectivity index (χ4v) is 6.15. The Bertz CT molecular complexity index is 1130. The van der Waals surface area contributed by atoms with E-state index in [1.54, 1.807) is 6.07 Å². The van der Waals surface area contributed by atoms with E-state index in [1.807, 2.05) is 13.0 Å². The van der Waals surface area contributed by atoms with Gasteiger partial charge in [0.1, 0.15) is 0 Å². The molecular weight excluding hydrogens is 477 g/mol. The molecule has 2 heterocycles. The number of amides is 2. The van der Waals surface area contributed by atoms with Gasteiger partial charge in [-0.25, -0.2) is 4.39 Å². The third-order valence-electron chi connectivity index (χ3n) is 7.98. The second-order valence-electron chi connectivity index (χ2n) is 10.5. The number of unbranched alkanes of at least 4 members (excludes halogenated alkanes) is 2. The number of aromatic hydroxyl groups is 1. The molecule has 2 N–H and O–H groups in total. The number of carboxylic acids is 1. The maximum Gasteiger partial charge on any atom is 0.303 e. The summed E-state index contributed by atoms with van der Waals surface area (Å²) in [6.07, 6.45) is 6.60. The lowest BCUT2D eigenvalue weighted by atomic mass is 9.69. The number of hydrogen-bond acceptors (Lipinski definition) is 5. The van der Waals surface area contributed by atoms with E-state index >= 15 is 0 Å². The Morgan fingerprint density at radius 2 is 1.95 bits per heavy atom. The first-order chi connectivity index (χ1) is 17.7. The molecule has 4 rings (SSSR count). The van der Waals surface area contributed by atoms with Crippen molar-refractivity contribution in [1.82, 2.24) is 4.90 Å². The van der Waals surface area contributed by atoms with Crippen molar-refractivity contribution in [1.29, 1.82) is 0 Å². The van der Waals surface area contributed by atoms with Gasteiger partial charge in [0.15, 0.2) is 11.6 Å². The minimum absolute atomic E-state index is 0.0809. The molecule has 4 atom stereocenters. The average Bonchev–Trinajstić information content (AvgIpc) is 3.38. The molecule has 1 aromatic carbocycles. The van der Waals surface area contributed by atoms with E-state index in [0.29, 0.717) is 44.4 Å². The number of carboxylic acid groups (broad SMARTS) is 1. The molecule has 0 spiro atoms. The Morgan fingerprint density at radius 1 is 1.16 bits per heavy atom. The minimum atomic E-state index is -0.833. The van der Waals surface area contributed by atoms with Gasteiger partial charge in [-0.3, -0.25) is 19.3 Å². The van der Waals surface area contributed by atoms with Gasteiger partial charge in [-0.05, 0) is 68.7 Å². The first-order valence-electron chi connectivity index (χ1n) is 13.3. The van der Waals surface area contributed by atoms with Gasteiger partial charge >= 0.3 is 5.97 Å². The Kier molecular flexibility index (Phi) is 8.47. The molecular formula is C29H36FNO6. The highest BCUT2D eigenvalue weighted by Gasteiger charge is 2.56. The summed E-state index contributed by atoms with van der Waals surface area (Å²) in [6, 6.07) is 4.32. The normalized spacial score (nSPS) is 25.6. The third-order valence-corrected chi connectivity index (χ3v) is 7.98. The smallest absolute Gasteiger partial charge is 0.303 e. The molecule has 0 radical (unpaired) electrons. The quantitative estimate of drug-likeness (QED) is 0.243. The summed E-state index contributed by atoms with van der Waals surface area (Å²) >= 11 is 0. The molecule has 1 aromatic rings. The Balaban J connectivity index is 1.41. The lowest BCUT2D eigenvalue weighted by molar-refractivity contribution is -0.141. The van der Waals surface area contributed by atoms with Crippen molar-refractivity contribution >= 4 is 23.9 Å². The van der Waals surface area contributed by atoms with Crippen molar-refractivity contribution in [2.75, 3.05) is 13.2 Å². The lowest BCUT2D eigenvalue weighted by Crippen LogP contribution is -2.34. The van der Waals surface area contributed by atoms with Crippen LogP contribution < -0.4 is 0 Å². The Labute approximate surface area is 217 Å². The van der Waals surface area contributed by atoms with Gasteiger partial charge in [0.05, 0.1) is 24.5 Å². The van der Waals surface area contributed by atoms with Crippen molar-refractivity contribution in [3.63, 3.8) is 0 Å². The van der Waals surface area contributed by atoms with E-state index in [-0.39, 0.29) is 47.8 Å². The Hall–Kier alpha value is -3.00. The number of nitrogens with zero attached hydrogens (tertiary/aromatic N) is 1. The number of fused-ring (bicyclic) bond motifs is 3. The predicted molar refractivity (Wildman–Crippen MR) is 136 cm³/mol. The van der Waals surface area contributed by atoms with Crippen molar-refractivity contribution in [3.8, 4) is 5.75 Å². The van der Waals surface area contributed by atoms with Crippen LogP contribution in [-0.2, 0) is 19.1 Å². The topological polar surface area (TPSA) is 104 Å². The third kappa shape index (κ3) is 5.79. The van der Waals surface area contributed by atoms with Crippen molar-refractivity contribution in [2.45, 2.75) is 71.3 Å². The van der Waals surface area contributed by atoms with E-state index in [9.17, 15) is 23.9 Å². The standard InChI is InChI=1S/C29H36FNO6/c1-3-19-15-20-27(29(36)31(28(20)35)12-6-4-5-7-25(33)34)21-16-37-24(26(19)21)11-8-17(2)13-18-9-10-23(32)22(30)14-18/h9-10,13-14,20-21,24,27,32H,3-8,11-12,15-16H2,1-2H3,(H,33,34)/b17-13+/t20-,21+,24-,27-/m1/s1. The second-order valence-corrected chi connectivity index (χ2v) is 10.5. The van der Waals surface area contributed by atoms with Gasteiger partial charge in [0.25, 0.3) is 0 Å². The van der Waals surface area contributed by atoms with E-state index in [2.05, 4.69) is 6.92 Å². The Morgan fingerprint density at radius 3 is 2.65 bits per heavy atom. The number of phenols is 1. The van der Waals surface area contributed by atoms with E-state index < -0.39 is 11.8 Å². The molecule has 2 amide bonds. The summed E-state index contributed by atoms with van der Waals surface area (Å²) in [5, 5.41) is 18.2. The molecule has 0 saturated carbocycles. The van der Waals surface area contributed by atoms with E-state index in [4.69, 9.17) is 9.84 Å². The molecule has 0 aromatic heterocycles. The molecule has 3 aliphatic rings. The zero-order valence-corrected chi connectivity index (χ0v) is 21.5. The van der Waals surface area contributed by atoms with E-state index in [0.717, 1.165) is 24.8 Å². The lowest BCUT2D eigenvalue weighted by Gasteiger charge is -2.31. The largest absolute Gasteiger partial charge is 0.505 e. The van der Waals surface area contributed by atoms with Crippen LogP contribution in [0.3, 0.4) is 0 Å². The number of carbonyl (C=O) groups excluding carboxylic acids is 2. The monoisotopic (exact) mass is 513 g/mol. The maximum absolute atomic E-state index is 13.7. The molecule has 8 heteroatoms. The van der Waals surface area contributed by atoms with Crippen LogP contribution in [0.1, 0.15) is 70.8 Å². The van der Waals surface area contributed by atoms with Crippen molar-refractivity contribution < 1.29 is 33.7 Å². The first kappa shape index (κ1) is 27.0. The molecule has 37 heavy (non-hydrogen) atoms. The number of phenolic OH excluding ortho intramolecular Hbond substituents is 1. The summed E-state index contributed by atoms with van der Waals surface area (Å²) < 4.78 is 19.9. The van der Waals surface area contributed by atoms with Gasteiger partial charge in [-0.1, -0.05) is 36.6 Å². The number of aliphatic carboxylic acids is 1. The van der Waals surface area contributed by atoms with Gasteiger partial charge in [0, 0.05) is 18.9 Å². The molecule has 7 nitrogen and oxygen atoms in total. The van der Waals surface area contributed by atoms with Gasteiger partial charge < -0.3 is 14.9 Å². The predicted octanol–water partition coefficient (Wildman–Crippen LogP) is 5.09. The minimum Gasteiger partial charge on any atom is -0.505 e. The number of imide groups is 1. The number of allylic oxidation sites excluding steroid dienone is 2. The van der Waals surface area contributed by atoms with Gasteiger partial charge in [0.2, 0.25) is 11.8 Å². The van der Waals surface area contributed by atoms with E-state index in [1.165, 1.54) is 28.2 Å². The van der Waals surface area contributed by atoms with Crippen molar-refractivity contribution in [2.24, 2.45) is 17.8 Å². The average molecular weight is 514 g/mol. The number of ether oxygens (including phenoxy) is 1. The summed E-state index contributed by atoms with van der Waals surface area (Å²) in [5.41, 5.74) is 4.16. The fourth-order valence-electron chi connectivity index (χ4n) is 6.15. The first-order valence-corrected chi connectivity index (χ1v) is 13.3. The zero-order chi connectivity index (χ0) is 26.7. The molecule has 0 bridgehead atoms. The number of hydrogen-bond donors (Lipinski definition) is 2. The summed E-state index contributed by atoms with van der Waals surface area (Å²) in [6.45, 7) is 4.85. The van der Waals surface area contributed by atoms with Crippen LogP contribution in [0.25, 0.3) is 6.08 Å². The van der Waals surface area contributed by atoms with Crippen LogP contribution in [0.4, 0.5) is 4.39 Å². The summed E-state index contributed by atoms with van der Waals surface area (Å²) in [5.74, 6) is -2.85. The highest BCUT2D eigenvalue weighted by molar-refractivity contribution is 6.05. The molecule has 0 unspecified atom stereocenters. The van der Waals surface area contributed by atoms with Gasteiger partial charge in [-0.2, -0.15) is 0 Å². The van der Waals surface area contributed by atoms with Crippen LogP contribution >= 0.6 is 0 Å². The highest BCUT2D eigenvalue weighted by atomic mass is 19.1. The molecule has 200 valence electrons. The number of carbonyl (C=O) groups is 3. The summed E-state index contributed by atoms with van der Waals surface area (Å²) in [4.78, 5) is 38.7. The number of benzene rings is 1. The van der Waals surface area contributed by atoms with Crippen LogP contribution in [0, 0.1) is 23.6 Å². The fraction of sp³-hybridized carbons (Fsp3) is 0.552. The van der Waals surface area contributed by atoms with Crippen LogP contribution in [-0.4, -0.2) is 52.2 Å². The number of halogens is 1. The number of likely N-dealkylation sites (tertiary alicyclic amines) is 1. The molecule has 2 fully saturated rings. The van der Waals surface area contributed by atoms with Crippen LogP contribution in [0.15, 0.2) is 34.9 Å². The van der Waals surface area contributed by atoms with Crippen LogP contribution in [0.2, 0.25) is 0 Å². The summed E-state index contributed by atoms with van der Waals surface area (Å²) in [7, 11) is 0. The molecule has 2 saturated heterocycles. The van der Waals surface area contributed by atoms with Crippen LogP contribution in [0.5, 0.6) is 5.75 Å². The maximum atomic E-state index is 13.7. The number of rotatable bonds is 11. The molecule has 2 aliphatic heterocycles. The van der Waals surface area contributed by atoms with Gasteiger partial charge in [-0.15, -0.1) is 0 Å². The SMILES string of the molecule is CCC1=C2[C@@H](CC/C(C)=C/c3ccc(O)c(F)c3)OC[C@@H]2[C@@H]2C(=O)N(CCCCCC(=O)O)C(=O)[C@@H]2C1. The zero-order valence-electron chi connectivity index (χ0n) is 21.5. The second kappa shape index (κ2) is 11.6. The highest BCUT2D eigenvalue weighted by Crippen LogP contribution is 2.50. The molecule has 1 aliphatic carbocycles.